The molecule has 84 valence electrons. The van der Waals surface area contributed by atoms with Gasteiger partial charge in [-0.25, -0.2) is 4.98 Å². The number of nitrogens with zero attached hydrogens (tertiary/aromatic N) is 2. The Bertz CT molecular complexity index is 387. The van der Waals surface area contributed by atoms with E-state index < -0.39 is 0 Å². The predicted octanol–water partition coefficient (Wildman–Crippen LogP) is 1.82. The Morgan fingerprint density at radius 3 is 2.87 bits per heavy atom. The molecule has 0 bridgehead atoms. The molecule has 5 heteroatoms. The third-order valence-electron chi connectivity index (χ3n) is 2.37. The van der Waals surface area contributed by atoms with Crippen LogP contribution in [0.5, 0.6) is 0 Å². The van der Waals surface area contributed by atoms with Crippen LogP contribution in [0.2, 0.25) is 0 Å². The Hall–Kier alpha value is -0.680. The molecule has 0 aliphatic carbocycles. The highest BCUT2D eigenvalue weighted by Crippen LogP contribution is 2.13. The highest BCUT2D eigenvalue weighted by Gasteiger charge is 2.16. The lowest BCUT2D eigenvalue weighted by Crippen LogP contribution is -2.28. The van der Waals surface area contributed by atoms with Gasteiger partial charge in [-0.15, -0.1) is 0 Å². The number of aromatic nitrogens is 2. The van der Waals surface area contributed by atoms with Crippen molar-refractivity contribution in [3.8, 4) is 0 Å². The smallest absolute Gasteiger partial charge is 0.267 e. The molecule has 0 aromatic carbocycles. The summed E-state index contributed by atoms with van der Waals surface area (Å²) in [7, 11) is 1.67. The number of methoxy groups -OCH3 is 1. The van der Waals surface area contributed by atoms with Gasteiger partial charge in [-0.05, 0) is 36.2 Å². The van der Waals surface area contributed by atoms with Crippen LogP contribution < -0.4 is 5.56 Å². The second-order valence-electron chi connectivity index (χ2n) is 3.95. The maximum Gasteiger partial charge on any atom is 0.267 e. The van der Waals surface area contributed by atoms with Gasteiger partial charge in [0.25, 0.3) is 5.56 Å². The SMILES string of the molecule is COC(C)(C)CCn1cncc(Br)c1=O. The highest BCUT2D eigenvalue weighted by atomic mass is 79.9. The second-order valence-corrected chi connectivity index (χ2v) is 4.81. The molecule has 1 rings (SSSR count). The van der Waals surface area contributed by atoms with Gasteiger partial charge in [-0.3, -0.25) is 9.36 Å². The molecular weight excluding hydrogens is 260 g/mol. The predicted molar refractivity (Wildman–Crippen MR) is 61.9 cm³/mol. The summed E-state index contributed by atoms with van der Waals surface area (Å²) in [6.07, 6.45) is 3.81. The summed E-state index contributed by atoms with van der Waals surface area (Å²) >= 11 is 3.16. The molecule has 1 aromatic heterocycles. The number of hydrogen-bond acceptors (Lipinski definition) is 3. The fraction of sp³-hybridized carbons (Fsp3) is 0.600. The van der Waals surface area contributed by atoms with Gasteiger partial charge in [0.2, 0.25) is 0 Å². The summed E-state index contributed by atoms with van der Waals surface area (Å²) in [4.78, 5) is 15.6. The van der Waals surface area contributed by atoms with Gasteiger partial charge in [0.1, 0.15) is 4.47 Å². The summed E-state index contributed by atoms with van der Waals surface area (Å²) in [5.74, 6) is 0. The van der Waals surface area contributed by atoms with Crippen LogP contribution in [0.15, 0.2) is 21.8 Å². The second kappa shape index (κ2) is 4.90. The van der Waals surface area contributed by atoms with Gasteiger partial charge in [-0.2, -0.15) is 0 Å². The fourth-order valence-corrected chi connectivity index (χ4v) is 1.42. The van der Waals surface area contributed by atoms with Gasteiger partial charge >= 0.3 is 0 Å². The van der Waals surface area contributed by atoms with Crippen molar-refractivity contribution in [2.24, 2.45) is 0 Å². The van der Waals surface area contributed by atoms with Crippen LogP contribution in [0.4, 0.5) is 0 Å². The van der Waals surface area contributed by atoms with E-state index in [1.165, 1.54) is 6.20 Å². The van der Waals surface area contributed by atoms with Crippen LogP contribution in [0.1, 0.15) is 20.3 Å². The van der Waals surface area contributed by atoms with Crippen LogP contribution in [0.3, 0.4) is 0 Å². The van der Waals surface area contributed by atoms with Crippen molar-refractivity contribution in [1.82, 2.24) is 9.55 Å². The number of hydrogen-bond donors (Lipinski definition) is 0. The molecule has 0 aliphatic rings. The first-order chi connectivity index (χ1) is 6.96. The zero-order valence-electron chi connectivity index (χ0n) is 9.16. The van der Waals surface area contributed by atoms with Crippen LogP contribution in [0, 0.1) is 0 Å². The molecule has 0 spiro atoms. The number of aryl methyl sites for hydroxylation is 1. The van der Waals surface area contributed by atoms with Crippen molar-refractivity contribution in [2.45, 2.75) is 32.4 Å². The molecule has 0 amide bonds. The minimum absolute atomic E-state index is 0.0584. The van der Waals surface area contributed by atoms with E-state index in [-0.39, 0.29) is 11.2 Å². The summed E-state index contributed by atoms with van der Waals surface area (Å²) < 4.78 is 7.34. The molecule has 1 heterocycles. The molecule has 0 N–H and O–H groups in total. The third-order valence-corrected chi connectivity index (χ3v) is 2.91. The first-order valence-corrected chi connectivity index (χ1v) is 5.51. The maximum atomic E-state index is 11.6. The minimum Gasteiger partial charge on any atom is -0.379 e. The quantitative estimate of drug-likeness (QED) is 0.842. The number of rotatable bonds is 4. The van der Waals surface area contributed by atoms with Crippen molar-refractivity contribution >= 4 is 15.9 Å². The zero-order valence-corrected chi connectivity index (χ0v) is 10.7. The van der Waals surface area contributed by atoms with E-state index >= 15 is 0 Å². The number of ether oxygens (including phenoxy) is 1. The zero-order chi connectivity index (χ0) is 11.5. The van der Waals surface area contributed by atoms with Crippen molar-refractivity contribution < 1.29 is 4.74 Å². The lowest BCUT2D eigenvalue weighted by Gasteiger charge is -2.22. The lowest BCUT2D eigenvalue weighted by molar-refractivity contribution is 0.0118. The Labute approximate surface area is 97.4 Å². The molecule has 0 saturated carbocycles. The largest absolute Gasteiger partial charge is 0.379 e. The van der Waals surface area contributed by atoms with Gasteiger partial charge < -0.3 is 4.74 Å². The van der Waals surface area contributed by atoms with Crippen LogP contribution in [0.25, 0.3) is 0 Å². The Kier molecular flexibility index (Phi) is 4.04. The molecule has 4 nitrogen and oxygen atoms in total. The van der Waals surface area contributed by atoms with E-state index in [1.807, 2.05) is 13.8 Å². The van der Waals surface area contributed by atoms with E-state index in [1.54, 1.807) is 18.0 Å². The monoisotopic (exact) mass is 274 g/mol. The average Bonchev–Trinajstić information content (AvgIpc) is 2.20. The molecule has 0 unspecified atom stereocenters. The van der Waals surface area contributed by atoms with E-state index in [2.05, 4.69) is 20.9 Å². The number of halogens is 1. The normalized spacial score (nSPS) is 11.7. The molecule has 15 heavy (non-hydrogen) atoms. The molecular formula is C10H15BrN2O2. The summed E-state index contributed by atoms with van der Waals surface area (Å²) in [6.45, 7) is 4.58. The molecule has 0 atom stereocenters. The summed E-state index contributed by atoms with van der Waals surface area (Å²) in [5, 5.41) is 0. The van der Waals surface area contributed by atoms with Gasteiger partial charge in [-0.1, -0.05) is 0 Å². The summed E-state index contributed by atoms with van der Waals surface area (Å²) in [5.41, 5.74) is -0.279. The minimum atomic E-state index is -0.220. The average molecular weight is 275 g/mol. The molecule has 0 saturated heterocycles. The van der Waals surface area contributed by atoms with Crippen molar-refractivity contribution in [1.29, 1.82) is 0 Å². The van der Waals surface area contributed by atoms with Crippen molar-refractivity contribution in [3.05, 3.63) is 27.4 Å². The van der Waals surface area contributed by atoms with Crippen LogP contribution in [-0.2, 0) is 11.3 Å². The fourth-order valence-electron chi connectivity index (χ4n) is 1.08. The van der Waals surface area contributed by atoms with E-state index in [0.29, 0.717) is 11.0 Å². The first kappa shape index (κ1) is 12.4. The van der Waals surface area contributed by atoms with Crippen LogP contribution >= 0.6 is 15.9 Å². The Morgan fingerprint density at radius 1 is 1.60 bits per heavy atom. The maximum absolute atomic E-state index is 11.6. The molecule has 0 aliphatic heterocycles. The topological polar surface area (TPSA) is 44.1 Å². The van der Waals surface area contributed by atoms with Crippen molar-refractivity contribution in [2.75, 3.05) is 7.11 Å². The van der Waals surface area contributed by atoms with E-state index in [9.17, 15) is 4.79 Å². The third kappa shape index (κ3) is 3.43. The lowest BCUT2D eigenvalue weighted by atomic mass is 10.1. The summed E-state index contributed by atoms with van der Waals surface area (Å²) in [6, 6.07) is 0. The Balaban J connectivity index is 2.75. The van der Waals surface area contributed by atoms with Gasteiger partial charge in [0, 0.05) is 19.9 Å². The Morgan fingerprint density at radius 2 is 2.27 bits per heavy atom. The molecule has 1 aromatic rings. The van der Waals surface area contributed by atoms with Crippen molar-refractivity contribution in [3.63, 3.8) is 0 Å². The standard InChI is InChI=1S/C10H15BrN2O2/c1-10(2,15-3)4-5-13-7-12-6-8(11)9(13)14/h6-7H,4-5H2,1-3H3. The first-order valence-electron chi connectivity index (χ1n) is 4.71. The molecule has 0 fully saturated rings. The van der Waals surface area contributed by atoms with Gasteiger partial charge in [0.05, 0.1) is 11.9 Å². The van der Waals surface area contributed by atoms with Crippen LogP contribution in [-0.4, -0.2) is 22.3 Å². The highest BCUT2D eigenvalue weighted by molar-refractivity contribution is 9.10. The van der Waals surface area contributed by atoms with E-state index in [0.717, 1.165) is 6.42 Å². The van der Waals surface area contributed by atoms with Gasteiger partial charge in [0.15, 0.2) is 0 Å². The molecule has 0 radical (unpaired) electrons. The van der Waals surface area contributed by atoms with E-state index in [4.69, 9.17) is 4.74 Å².